The van der Waals surface area contributed by atoms with E-state index in [9.17, 15) is 9.59 Å². The molecule has 0 aromatic rings. The zero-order chi connectivity index (χ0) is 12.0. The molecule has 1 unspecified atom stereocenters. The summed E-state index contributed by atoms with van der Waals surface area (Å²) in [6.45, 7) is 4.13. The SMILES string of the molecule is C#CCC(=O)N1CCNCC1C(=O)NCC. The van der Waals surface area contributed by atoms with E-state index in [2.05, 4.69) is 16.6 Å². The summed E-state index contributed by atoms with van der Waals surface area (Å²) in [6, 6.07) is -0.436. The second-order valence-corrected chi connectivity index (χ2v) is 3.58. The van der Waals surface area contributed by atoms with Crippen LogP contribution in [0.25, 0.3) is 0 Å². The molecule has 0 aromatic heterocycles. The van der Waals surface area contributed by atoms with Crippen molar-refractivity contribution < 1.29 is 9.59 Å². The Labute approximate surface area is 95.6 Å². The summed E-state index contributed by atoms with van der Waals surface area (Å²) in [7, 11) is 0. The number of hydrogen-bond acceptors (Lipinski definition) is 3. The van der Waals surface area contributed by atoms with Crippen molar-refractivity contribution in [1.82, 2.24) is 15.5 Å². The predicted molar refractivity (Wildman–Crippen MR) is 60.5 cm³/mol. The molecule has 0 radical (unpaired) electrons. The number of rotatable bonds is 3. The molecule has 0 aromatic carbocycles. The minimum Gasteiger partial charge on any atom is -0.355 e. The van der Waals surface area contributed by atoms with Crippen LogP contribution in [-0.2, 0) is 9.59 Å². The Bertz CT molecular complexity index is 309. The summed E-state index contributed by atoms with van der Waals surface area (Å²) in [5.74, 6) is 2.04. The number of carbonyl (C=O) groups is 2. The Morgan fingerprint density at radius 3 is 3.00 bits per heavy atom. The van der Waals surface area contributed by atoms with Crippen LogP contribution in [0.15, 0.2) is 0 Å². The molecule has 2 amide bonds. The van der Waals surface area contributed by atoms with Gasteiger partial charge in [-0.25, -0.2) is 0 Å². The molecule has 1 aliphatic rings. The average molecular weight is 223 g/mol. The van der Waals surface area contributed by atoms with Crippen molar-refractivity contribution in [1.29, 1.82) is 0 Å². The van der Waals surface area contributed by atoms with Crippen molar-refractivity contribution in [3.8, 4) is 12.3 Å². The first-order valence-electron chi connectivity index (χ1n) is 5.42. The number of piperazine rings is 1. The Morgan fingerprint density at radius 2 is 2.38 bits per heavy atom. The van der Waals surface area contributed by atoms with Crippen LogP contribution in [0.4, 0.5) is 0 Å². The Morgan fingerprint density at radius 1 is 1.62 bits per heavy atom. The first-order valence-corrected chi connectivity index (χ1v) is 5.42. The molecule has 0 spiro atoms. The topological polar surface area (TPSA) is 61.4 Å². The molecule has 2 N–H and O–H groups in total. The largest absolute Gasteiger partial charge is 0.355 e. The number of nitrogens with zero attached hydrogens (tertiary/aromatic N) is 1. The van der Waals surface area contributed by atoms with Gasteiger partial charge in [0.15, 0.2) is 0 Å². The summed E-state index contributed by atoms with van der Waals surface area (Å²) in [6.07, 6.45) is 5.15. The lowest BCUT2D eigenvalue weighted by Gasteiger charge is -2.34. The molecule has 1 aliphatic heterocycles. The summed E-state index contributed by atoms with van der Waals surface area (Å²) in [5, 5.41) is 5.81. The van der Waals surface area contributed by atoms with Crippen molar-refractivity contribution in [2.24, 2.45) is 0 Å². The van der Waals surface area contributed by atoms with Gasteiger partial charge in [0.05, 0.1) is 6.42 Å². The van der Waals surface area contributed by atoms with Gasteiger partial charge in [0.25, 0.3) is 0 Å². The van der Waals surface area contributed by atoms with Gasteiger partial charge in [-0.2, -0.15) is 0 Å². The van der Waals surface area contributed by atoms with Gasteiger partial charge >= 0.3 is 0 Å². The normalized spacial score (nSPS) is 20.0. The first kappa shape index (κ1) is 12.5. The molecule has 16 heavy (non-hydrogen) atoms. The van der Waals surface area contributed by atoms with Crippen molar-refractivity contribution in [2.75, 3.05) is 26.2 Å². The standard InChI is InChI=1S/C11H17N3O2/c1-3-5-10(15)14-7-6-12-8-9(14)11(16)13-4-2/h1,9,12H,4-8H2,2H3,(H,13,16). The van der Waals surface area contributed by atoms with Crippen LogP contribution in [0.5, 0.6) is 0 Å². The highest BCUT2D eigenvalue weighted by atomic mass is 16.2. The van der Waals surface area contributed by atoms with Crippen LogP contribution >= 0.6 is 0 Å². The third-order valence-electron chi connectivity index (χ3n) is 2.47. The zero-order valence-corrected chi connectivity index (χ0v) is 9.45. The number of carbonyl (C=O) groups excluding carboxylic acids is 2. The number of likely N-dealkylation sites (N-methyl/N-ethyl adjacent to an activating group) is 1. The smallest absolute Gasteiger partial charge is 0.244 e. The molecule has 5 nitrogen and oxygen atoms in total. The highest BCUT2D eigenvalue weighted by Gasteiger charge is 2.30. The second-order valence-electron chi connectivity index (χ2n) is 3.58. The zero-order valence-electron chi connectivity index (χ0n) is 9.45. The van der Waals surface area contributed by atoms with E-state index in [1.54, 1.807) is 4.90 Å². The fourth-order valence-corrected chi connectivity index (χ4v) is 1.72. The van der Waals surface area contributed by atoms with Crippen LogP contribution in [0.3, 0.4) is 0 Å². The van der Waals surface area contributed by atoms with E-state index in [0.717, 1.165) is 0 Å². The fraction of sp³-hybridized carbons (Fsp3) is 0.636. The summed E-state index contributed by atoms with van der Waals surface area (Å²) in [5.41, 5.74) is 0. The molecule has 1 saturated heterocycles. The lowest BCUT2D eigenvalue weighted by atomic mass is 10.1. The average Bonchev–Trinajstić information content (AvgIpc) is 2.30. The van der Waals surface area contributed by atoms with Crippen LogP contribution in [0.1, 0.15) is 13.3 Å². The lowest BCUT2D eigenvalue weighted by molar-refractivity contribution is -0.140. The molecule has 1 heterocycles. The third-order valence-corrected chi connectivity index (χ3v) is 2.47. The predicted octanol–water partition coefficient (Wildman–Crippen LogP) is -1.05. The van der Waals surface area contributed by atoms with Gasteiger partial charge in [0.1, 0.15) is 6.04 Å². The Kier molecular flexibility index (Phi) is 4.80. The van der Waals surface area contributed by atoms with Crippen LogP contribution in [0, 0.1) is 12.3 Å². The van der Waals surface area contributed by atoms with Crippen LogP contribution in [0.2, 0.25) is 0 Å². The molecule has 1 atom stereocenters. The minimum absolute atomic E-state index is 0.0515. The van der Waals surface area contributed by atoms with Gasteiger partial charge in [-0.15, -0.1) is 6.42 Å². The van der Waals surface area contributed by atoms with Crippen molar-refractivity contribution in [3.05, 3.63) is 0 Å². The first-order chi connectivity index (χ1) is 7.70. The van der Waals surface area contributed by atoms with E-state index < -0.39 is 6.04 Å². The quantitative estimate of drug-likeness (QED) is 0.600. The molecular formula is C11H17N3O2. The molecule has 5 heteroatoms. The van der Waals surface area contributed by atoms with Crippen LogP contribution < -0.4 is 10.6 Å². The summed E-state index contributed by atoms with van der Waals surface area (Å²) >= 11 is 0. The Balaban J connectivity index is 2.67. The fourth-order valence-electron chi connectivity index (χ4n) is 1.72. The van der Waals surface area contributed by atoms with E-state index in [4.69, 9.17) is 6.42 Å². The van der Waals surface area contributed by atoms with E-state index in [1.165, 1.54) is 0 Å². The van der Waals surface area contributed by atoms with Crippen molar-refractivity contribution >= 4 is 11.8 Å². The molecule has 0 aliphatic carbocycles. The minimum atomic E-state index is -0.436. The highest BCUT2D eigenvalue weighted by Crippen LogP contribution is 2.05. The maximum Gasteiger partial charge on any atom is 0.244 e. The van der Waals surface area contributed by atoms with Gasteiger partial charge in [-0.05, 0) is 6.92 Å². The number of nitrogens with one attached hydrogen (secondary N) is 2. The maximum atomic E-state index is 11.7. The maximum absolute atomic E-state index is 11.7. The molecule has 0 saturated carbocycles. The second kappa shape index (κ2) is 6.13. The number of amides is 2. The van der Waals surface area contributed by atoms with E-state index in [0.29, 0.717) is 26.2 Å². The highest BCUT2D eigenvalue weighted by molar-refractivity contribution is 5.88. The number of terminal acetylenes is 1. The van der Waals surface area contributed by atoms with Crippen molar-refractivity contribution in [2.45, 2.75) is 19.4 Å². The van der Waals surface area contributed by atoms with E-state index >= 15 is 0 Å². The van der Waals surface area contributed by atoms with Crippen molar-refractivity contribution in [3.63, 3.8) is 0 Å². The van der Waals surface area contributed by atoms with Gasteiger partial charge < -0.3 is 15.5 Å². The lowest BCUT2D eigenvalue weighted by Crippen LogP contribution is -2.59. The van der Waals surface area contributed by atoms with E-state index in [1.807, 2.05) is 6.92 Å². The molecule has 1 fully saturated rings. The van der Waals surface area contributed by atoms with Gasteiger partial charge in [-0.1, -0.05) is 5.92 Å². The number of hydrogen-bond donors (Lipinski definition) is 2. The Hall–Kier alpha value is -1.54. The van der Waals surface area contributed by atoms with E-state index in [-0.39, 0.29) is 18.2 Å². The van der Waals surface area contributed by atoms with Gasteiger partial charge in [0, 0.05) is 26.2 Å². The monoisotopic (exact) mass is 223 g/mol. The van der Waals surface area contributed by atoms with Crippen LogP contribution in [-0.4, -0.2) is 48.9 Å². The third kappa shape index (κ3) is 2.97. The van der Waals surface area contributed by atoms with Gasteiger partial charge in [0.2, 0.25) is 11.8 Å². The molecular weight excluding hydrogens is 206 g/mol. The molecule has 0 bridgehead atoms. The molecule has 1 rings (SSSR count). The summed E-state index contributed by atoms with van der Waals surface area (Å²) in [4.78, 5) is 25.0. The summed E-state index contributed by atoms with van der Waals surface area (Å²) < 4.78 is 0. The molecule has 88 valence electrons. The van der Waals surface area contributed by atoms with Gasteiger partial charge in [-0.3, -0.25) is 9.59 Å².